The molecule has 2 aromatic rings. The Morgan fingerprint density at radius 2 is 1.80 bits per heavy atom. The number of nitrogens with one attached hydrogen (secondary N) is 1. The van der Waals surface area contributed by atoms with Crippen LogP contribution in [-0.2, 0) is 0 Å². The average molecular weight is 289 g/mol. The maximum Gasteiger partial charge on any atom is 0.255 e. The zero-order valence-electron chi connectivity index (χ0n) is 11.8. The van der Waals surface area contributed by atoms with Gasteiger partial charge in [0.2, 0.25) is 0 Å². The molecule has 2 aromatic carbocycles. The summed E-state index contributed by atoms with van der Waals surface area (Å²) in [5.74, 6) is -0.181. The highest BCUT2D eigenvalue weighted by molar-refractivity contribution is 6.30. The third-order valence-electron chi connectivity index (χ3n) is 3.44. The number of aryl methyl sites for hydroxylation is 2. The van der Waals surface area contributed by atoms with Crippen LogP contribution in [-0.4, -0.2) is 5.91 Å². The first-order valence-electron chi connectivity index (χ1n) is 6.33. The number of carbonyl (C=O) groups excluding carboxylic acids is 1. The summed E-state index contributed by atoms with van der Waals surface area (Å²) in [6.07, 6.45) is 0. The summed E-state index contributed by atoms with van der Waals surface area (Å²) in [5.41, 5.74) is 10.7. The van der Waals surface area contributed by atoms with E-state index in [0.717, 1.165) is 16.7 Å². The molecule has 1 amide bonds. The molecule has 20 heavy (non-hydrogen) atoms. The molecule has 0 aliphatic carbocycles. The van der Waals surface area contributed by atoms with Crippen LogP contribution in [0.15, 0.2) is 30.3 Å². The van der Waals surface area contributed by atoms with Crippen molar-refractivity contribution in [2.24, 2.45) is 0 Å². The molecule has 0 spiro atoms. The van der Waals surface area contributed by atoms with Gasteiger partial charge in [-0.1, -0.05) is 17.7 Å². The number of carbonyl (C=O) groups is 1. The first-order chi connectivity index (χ1) is 9.40. The van der Waals surface area contributed by atoms with Crippen molar-refractivity contribution < 1.29 is 4.79 Å². The number of anilines is 2. The Morgan fingerprint density at radius 1 is 1.10 bits per heavy atom. The summed E-state index contributed by atoms with van der Waals surface area (Å²) in [6, 6.07) is 8.92. The van der Waals surface area contributed by atoms with Crippen molar-refractivity contribution >= 4 is 28.9 Å². The molecule has 2 rings (SSSR count). The molecule has 0 unspecified atom stereocenters. The largest absolute Gasteiger partial charge is 0.397 e. The van der Waals surface area contributed by atoms with Crippen LogP contribution in [0.1, 0.15) is 27.0 Å². The van der Waals surface area contributed by atoms with E-state index in [4.69, 9.17) is 17.3 Å². The van der Waals surface area contributed by atoms with Crippen molar-refractivity contribution in [1.82, 2.24) is 0 Å². The molecule has 0 aliphatic rings. The summed E-state index contributed by atoms with van der Waals surface area (Å²) in [4.78, 5) is 12.4. The first-order valence-corrected chi connectivity index (χ1v) is 6.71. The van der Waals surface area contributed by atoms with Gasteiger partial charge in [-0.25, -0.2) is 0 Å². The van der Waals surface area contributed by atoms with E-state index in [0.29, 0.717) is 22.0 Å². The minimum absolute atomic E-state index is 0.181. The van der Waals surface area contributed by atoms with E-state index in [1.165, 1.54) is 0 Å². The molecule has 0 aliphatic heterocycles. The number of nitrogen functional groups attached to an aromatic ring is 1. The summed E-state index contributed by atoms with van der Waals surface area (Å²) in [5, 5.41) is 3.50. The summed E-state index contributed by atoms with van der Waals surface area (Å²) >= 11 is 5.90. The number of rotatable bonds is 2. The van der Waals surface area contributed by atoms with E-state index in [9.17, 15) is 4.79 Å². The van der Waals surface area contributed by atoms with Crippen molar-refractivity contribution in [3.8, 4) is 0 Å². The van der Waals surface area contributed by atoms with Crippen molar-refractivity contribution in [3.05, 3.63) is 57.6 Å². The normalized spacial score (nSPS) is 10.4. The number of amides is 1. The summed E-state index contributed by atoms with van der Waals surface area (Å²) in [6.45, 7) is 5.78. The number of benzene rings is 2. The minimum Gasteiger partial charge on any atom is -0.397 e. The van der Waals surface area contributed by atoms with Gasteiger partial charge in [0.25, 0.3) is 5.91 Å². The van der Waals surface area contributed by atoms with E-state index in [1.54, 1.807) is 24.3 Å². The van der Waals surface area contributed by atoms with Crippen LogP contribution in [0.5, 0.6) is 0 Å². The molecular formula is C16H17ClN2O. The smallest absolute Gasteiger partial charge is 0.255 e. The molecule has 0 saturated heterocycles. The maximum absolute atomic E-state index is 12.4. The standard InChI is InChI=1S/C16H17ClN2O/c1-9-4-7-14(18)15(11(9)3)19-16(20)13-6-5-12(17)8-10(13)2/h4-8H,18H2,1-3H3,(H,19,20). The third kappa shape index (κ3) is 2.78. The van der Waals surface area contributed by atoms with Gasteiger partial charge in [0, 0.05) is 10.6 Å². The predicted molar refractivity (Wildman–Crippen MR) is 84.5 cm³/mol. The van der Waals surface area contributed by atoms with Crippen molar-refractivity contribution in [1.29, 1.82) is 0 Å². The average Bonchev–Trinajstić information content (AvgIpc) is 2.39. The fraction of sp³-hybridized carbons (Fsp3) is 0.188. The van der Waals surface area contributed by atoms with E-state index < -0.39 is 0 Å². The zero-order valence-corrected chi connectivity index (χ0v) is 12.5. The van der Waals surface area contributed by atoms with Gasteiger partial charge in [-0.05, 0) is 61.7 Å². The van der Waals surface area contributed by atoms with E-state index in [-0.39, 0.29) is 5.91 Å². The van der Waals surface area contributed by atoms with Crippen LogP contribution >= 0.6 is 11.6 Å². The van der Waals surface area contributed by atoms with Crippen molar-refractivity contribution in [3.63, 3.8) is 0 Å². The lowest BCUT2D eigenvalue weighted by molar-refractivity contribution is 0.102. The van der Waals surface area contributed by atoms with Gasteiger partial charge in [-0.2, -0.15) is 0 Å². The Bertz CT molecular complexity index is 680. The second kappa shape index (κ2) is 5.55. The van der Waals surface area contributed by atoms with Crippen LogP contribution in [0.25, 0.3) is 0 Å². The van der Waals surface area contributed by atoms with Crippen LogP contribution in [0, 0.1) is 20.8 Å². The topological polar surface area (TPSA) is 55.1 Å². The molecule has 0 aromatic heterocycles. The molecule has 3 nitrogen and oxygen atoms in total. The summed E-state index contributed by atoms with van der Waals surface area (Å²) in [7, 11) is 0. The third-order valence-corrected chi connectivity index (χ3v) is 3.67. The number of hydrogen-bond donors (Lipinski definition) is 2. The molecule has 3 N–H and O–H groups in total. The number of hydrogen-bond acceptors (Lipinski definition) is 2. The fourth-order valence-corrected chi connectivity index (χ4v) is 2.29. The van der Waals surface area contributed by atoms with E-state index in [2.05, 4.69) is 5.32 Å². The minimum atomic E-state index is -0.181. The highest BCUT2D eigenvalue weighted by atomic mass is 35.5. The number of halogens is 1. The van der Waals surface area contributed by atoms with E-state index >= 15 is 0 Å². The zero-order chi connectivity index (χ0) is 14.9. The predicted octanol–water partition coefficient (Wildman–Crippen LogP) is 4.10. The molecule has 0 fully saturated rings. The monoisotopic (exact) mass is 288 g/mol. The molecule has 104 valence electrons. The van der Waals surface area contributed by atoms with E-state index in [1.807, 2.05) is 26.8 Å². The first kappa shape index (κ1) is 14.4. The Kier molecular flexibility index (Phi) is 4.00. The SMILES string of the molecule is Cc1cc(Cl)ccc1C(=O)Nc1c(N)ccc(C)c1C. The van der Waals surface area contributed by atoms with Crippen molar-refractivity contribution in [2.45, 2.75) is 20.8 Å². The Labute approximate surface area is 123 Å². The molecule has 0 atom stereocenters. The van der Waals surface area contributed by atoms with Crippen LogP contribution in [0.4, 0.5) is 11.4 Å². The lowest BCUT2D eigenvalue weighted by atomic mass is 10.0. The lowest BCUT2D eigenvalue weighted by Crippen LogP contribution is -2.15. The van der Waals surface area contributed by atoms with Gasteiger partial charge < -0.3 is 11.1 Å². The van der Waals surface area contributed by atoms with Gasteiger partial charge in [0.15, 0.2) is 0 Å². The van der Waals surface area contributed by atoms with Gasteiger partial charge in [-0.3, -0.25) is 4.79 Å². The molecule has 0 heterocycles. The second-order valence-electron chi connectivity index (χ2n) is 4.89. The van der Waals surface area contributed by atoms with Gasteiger partial charge in [0.05, 0.1) is 11.4 Å². The molecule has 0 radical (unpaired) electrons. The van der Waals surface area contributed by atoms with Gasteiger partial charge >= 0.3 is 0 Å². The van der Waals surface area contributed by atoms with Gasteiger partial charge in [-0.15, -0.1) is 0 Å². The fourth-order valence-electron chi connectivity index (χ4n) is 2.07. The molecule has 0 bridgehead atoms. The summed E-state index contributed by atoms with van der Waals surface area (Å²) < 4.78 is 0. The molecule has 0 saturated carbocycles. The van der Waals surface area contributed by atoms with Gasteiger partial charge in [0.1, 0.15) is 0 Å². The Morgan fingerprint density at radius 3 is 2.45 bits per heavy atom. The highest BCUT2D eigenvalue weighted by Gasteiger charge is 2.13. The molecule has 4 heteroatoms. The van der Waals surface area contributed by atoms with Crippen molar-refractivity contribution in [2.75, 3.05) is 11.1 Å². The lowest BCUT2D eigenvalue weighted by Gasteiger charge is -2.14. The van der Waals surface area contributed by atoms with Crippen LogP contribution in [0.3, 0.4) is 0 Å². The Hall–Kier alpha value is -2.00. The number of nitrogens with two attached hydrogens (primary N) is 1. The van der Waals surface area contributed by atoms with Crippen LogP contribution in [0.2, 0.25) is 5.02 Å². The second-order valence-corrected chi connectivity index (χ2v) is 5.32. The van der Waals surface area contributed by atoms with Crippen LogP contribution < -0.4 is 11.1 Å². The maximum atomic E-state index is 12.4. The highest BCUT2D eigenvalue weighted by Crippen LogP contribution is 2.27. The molecular weight excluding hydrogens is 272 g/mol. The quantitative estimate of drug-likeness (QED) is 0.818. The Balaban J connectivity index is 2.35.